The third kappa shape index (κ3) is 3.01. The third-order valence-electron chi connectivity index (χ3n) is 4.13. The number of sulfone groups is 1. The van der Waals surface area contributed by atoms with Crippen molar-refractivity contribution in [1.29, 1.82) is 0 Å². The predicted octanol–water partition coefficient (Wildman–Crippen LogP) is 2.46. The van der Waals surface area contributed by atoms with Crippen LogP contribution in [0.2, 0.25) is 0 Å². The molecule has 21 heavy (non-hydrogen) atoms. The first kappa shape index (κ1) is 15.0. The minimum Gasteiger partial charge on any atom is -0.493 e. The summed E-state index contributed by atoms with van der Waals surface area (Å²) in [6.45, 7) is 0.620. The molecule has 1 aromatic carbocycles. The first-order valence-corrected chi connectivity index (χ1v) is 9.66. The smallest absolute Gasteiger partial charge is 0.160 e. The topological polar surface area (TPSA) is 60.4 Å². The Balaban J connectivity index is 1.85. The average molecular weight is 373 g/mol. The number of Topliss-reactive ketones (excluding diaryl/α,β-unsaturated/α-hetero) is 1. The molecule has 4 nitrogen and oxygen atoms in total. The lowest BCUT2D eigenvalue weighted by Crippen LogP contribution is -2.36. The lowest BCUT2D eigenvalue weighted by Gasteiger charge is -2.21. The minimum absolute atomic E-state index is 0.131. The van der Waals surface area contributed by atoms with E-state index in [1.165, 1.54) is 0 Å². The standard InChI is InChI=1S/C15H17BrO4S/c16-12-7-10-4-5-20-15(10)11(8-12)9-13(17)14-3-1-2-6-21(14,18)19/h7-8,14H,1-6,9H2. The molecule has 1 fully saturated rings. The quantitative estimate of drug-likeness (QED) is 0.817. The number of fused-ring (bicyclic) bond motifs is 1. The van der Waals surface area contributed by atoms with Crippen LogP contribution in [0.4, 0.5) is 0 Å². The number of ketones is 1. The van der Waals surface area contributed by atoms with Crippen LogP contribution in [0.25, 0.3) is 0 Å². The summed E-state index contributed by atoms with van der Waals surface area (Å²) < 4.78 is 30.6. The number of benzene rings is 1. The second kappa shape index (κ2) is 5.72. The van der Waals surface area contributed by atoms with E-state index in [0.29, 0.717) is 19.4 Å². The van der Waals surface area contributed by atoms with Crippen molar-refractivity contribution in [3.63, 3.8) is 0 Å². The number of rotatable bonds is 3. The van der Waals surface area contributed by atoms with Crippen molar-refractivity contribution in [3.05, 3.63) is 27.7 Å². The van der Waals surface area contributed by atoms with Crippen LogP contribution in [-0.4, -0.2) is 31.8 Å². The van der Waals surface area contributed by atoms with E-state index >= 15 is 0 Å². The molecule has 0 saturated carbocycles. The number of ether oxygens (including phenoxy) is 1. The van der Waals surface area contributed by atoms with Crippen LogP contribution in [0.3, 0.4) is 0 Å². The van der Waals surface area contributed by atoms with E-state index in [2.05, 4.69) is 15.9 Å². The van der Waals surface area contributed by atoms with Crippen LogP contribution in [0, 0.1) is 0 Å². The highest BCUT2D eigenvalue weighted by molar-refractivity contribution is 9.10. The van der Waals surface area contributed by atoms with E-state index < -0.39 is 15.1 Å². The summed E-state index contributed by atoms with van der Waals surface area (Å²) in [6.07, 6.45) is 2.89. The van der Waals surface area contributed by atoms with Gasteiger partial charge in [0, 0.05) is 22.9 Å². The van der Waals surface area contributed by atoms with Gasteiger partial charge in [-0.2, -0.15) is 0 Å². The predicted molar refractivity (Wildman–Crippen MR) is 83.5 cm³/mol. The van der Waals surface area contributed by atoms with Crippen molar-refractivity contribution in [2.24, 2.45) is 0 Å². The van der Waals surface area contributed by atoms with E-state index in [1.54, 1.807) is 0 Å². The Morgan fingerprint density at radius 1 is 1.33 bits per heavy atom. The van der Waals surface area contributed by atoms with Crippen LogP contribution in [0.15, 0.2) is 16.6 Å². The first-order chi connectivity index (χ1) is 9.97. The molecule has 1 unspecified atom stereocenters. The summed E-state index contributed by atoms with van der Waals surface area (Å²) in [5.74, 6) is 0.696. The zero-order valence-corrected chi connectivity index (χ0v) is 14.0. The van der Waals surface area contributed by atoms with Gasteiger partial charge in [0.1, 0.15) is 11.0 Å². The maximum atomic E-state index is 12.4. The number of hydrogen-bond acceptors (Lipinski definition) is 4. The fourth-order valence-electron chi connectivity index (χ4n) is 3.09. The highest BCUT2D eigenvalue weighted by Crippen LogP contribution is 2.34. The van der Waals surface area contributed by atoms with E-state index in [-0.39, 0.29) is 18.0 Å². The maximum Gasteiger partial charge on any atom is 0.160 e. The zero-order chi connectivity index (χ0) is 15.0. The van der Waals surface area contributed by atoms with Gasteiger partial charge in [0.15, 0.2) is 15.6 Å². The van der Waals surface area contributed by atoms with Gasteiger partial charge in [0.05, 0.1) is 12.4 Å². The molecule has 0 spiro atoms. The molecule has 2 aliphatic rings. The summed E-state index contributed by atoms with van der Waals surface area (Å²) in [6, 6.07) is 3.85. The van der Waals surface area contributed by atoms with E-state index in [9.17, 15) is 13.2 Å². The van der Waals surface area contributed by atoms with Crippen molar-refractivity contribution >= 4 is 31.6 Å². The molecule has 0 radical (unpaired) electrons. The number of carbonyl (C=O) groups is 1. The van der Waals surface area contributed by atoms with Gasteiger partial charge >= 0.3 is 0 Å². The lowest BCUT2D eigenvalue weighted by atomic mass is 10.0. The molecule has 2 heterocycles. The largest absolute Gasteiger partial charge is 0.493 e. The fraction of sp³-hybridized carbons (Fsp3) is 0.533. The van der Waals surface area contributed by atoms with Crippen LogP contribution >= 0.6 is 15.9 Å². The molecular formula is C15H17BrO4S. The first-order valence-electron chi connectivity index (χ1n) is 7.16. The number of halogens is 1. The van der Waals surface area contributed by atoms with Gasteiger partial charge in [-0.15, -0.1) is 0 Å². The Kier molecular flexibility index (Phi) is 4.10. The fourth-order valence-corrected chi connectivity index (χ4v) is 5.55. The molecule has 6 heteroatoms. The van der Waals surface area contributed by atoms with E-state index in [4.69, 9.17) is 4.74 Å². The molecular weight excluding hydrogens is 356 g/mol. The van der Waals surface area contributed by atoms with Crippen LogP contribution < -0.4 is 4.74 Å². The van der Waals surface area contributed by atoms with Crippen molar-refractivity contribution in [3.8, 4) is 5.75 Å². The Hall–Kier alpha value is -0.880. The maximum absolute atomic E-state index is 12.4. The van der Waals surface area contributed by atoms with E-state index in [0.717, 1.165) is 34.2 Å². The van der Waals surface area contributed by atoms with Crippen molar-refractivity contribution in [2.45, 2.75) is 37.4 Å². The highest BCUT2D eigenvalue weighted by atomic mass is 79.9. The Morgan fingerprint density at radius 3 is 2.90 bits per heavy atom. The van der Waals surface area contributed by atoms with Gasteiger partial charge in [-0.1, -0.05) is 22.4 Å². The molecule has 0 aliphatic carbocycles. The molecule has 0 aromatic heterocycles. The van der Waals surface area contributed by atoms with Gasteiger partial charge in [-0.25, -0.2) is 8.42 Å². The lowest BCUT2D eigenvalue weighted by molar-refractivity contribution is -0.118. The molecule has 114 valence electrons. The summed E-state index contributed by atoms with van der Waals surface area (Å²) in [5, 5.41) is -0.831. The molecule has 0 N–H and O–H groups in total. The van der Waals surface area contributed by atoms with Gasteiger partial charge < -0.3 is 4.74 Å². The Morgan fingerprint density at radius 2 is 2.14 bits per heavy atom. The molecule has 1 saturated heterocycles. The minimum atomic E-state index is -3.27. The molecule has 0 bridgehead atoms. The zero-order valence-electron chi connectivity index (χ0n) is 11.6. The summed E-state index contributed by atoms with van der Waals surface area (Å²) in [4.78, 5) is 12.4. The molecule has 2 aliphatic heterocycles. The van der Waals surface area contributed by atoms with Gasteiger partial charge in [0.2, 0.25) is 0 Å². The second-order valence-corrected chi connectivity index (χ2v) is 8.86. The van der Waals surface area contributed by atoms with Crippen molar-refractivity contribution < 1.29 is 17.9 Å². The summed E-state index contributed by atoms with van der Waals surface area (Å²) in [5.41, 5.74) is 1.88. The average Bonchev–Trinajstić information content (AvgIpc) is 2.86. The Bertz CT molecular complexity index is 681. The number of carbonyl (C=O) groups excluding carboxylic acids is 1. The van der Waals surface area contributed by atoms with Crippen LogP contribution in [0.1, 0.15) is 30.4 Å². The third-order valence-corrected chi connectivity index (χ3v) is 6.81. The van der Waals surface area contributed by atoms with Crippen molar-refractivity contribution in [1.82, 2.24) is 0 Å². The van der Waals surface area contributed by atoms with Gasteiger partial charge in [-0.05, 0) is 30.5 Å². The van der Waals surface area contributed by atoms with Gasteiger partial charge in [0.25, 0.3) is 0 Å². The monoisotopic (exact) mass is 372 g/mol. The molecule has 3 rings (SSSR count). The van der Waals surface area contributed by atoms with Crippen LogP contribution in [0.5, 0.6) is 5.75 Å². The van der Waals surface area contributed by atoms with Crippen LogP contribution in [-0.2, 0) is 27.5 Å². The Labute approximate surface area is 132 Å². The second-order valence-electron chi connectivity index (χ2n) is 5.65. The van der Waals surface area contributed by atoms with E-state index in [1.807, 2.05) is 12.1 Å². The van der Waals surface area contributed by atoms with Gasteiger partial charge in [-0.3, -0.25) is 4.79 Å². The summed E-state index contributed by atoms with van der Waals surface area (Å²) in [7, 11) is -3.27. The van der Waals surface area contributed by atoms with Crippen molar-refractivity contribution in [2.75, 3.05) is 12.4 Å². The normalized spacial score (nSPS) is 23.4. The number of hydrogen-bond donors (Lipinski definition) is 0. The SMILES string of the molecule is O=C(Cc1cc(Br)cc2c1OCC2)C1CCCCS1(=O)=O. The molecule has 1 aromatic rings. The molecule has 1 atom stereocenters. The highest BCUT2D eigenvalue weighted by Gasteiger charge is 2.35. The summed E-state index contributed by atoms with van der Waals surface area (Å²) >= 11 is 3.44. The molecule has 0 amide bonds.